The van der Waals surface area contributed by atoms with Crippen molar-refractivity contribution >= 4 is 60.8 Å². The Morgan fingerprint density at radius 2 is 1.02 bits per heavy atom. The highest BCUT2D eigenvalue weighted by Crippen LogP contribution is 2.56. The van der Waals surface area contributed by atoms with Crippen LogP contribution in [-0.4, -0.2) is 4.57 Å². The summed E-state index contributed by atoms with van der Waals surface area (Å²) in [4.78, 5) is 2.51. The summed E-state index contributed by atoms with van der Waals surface area (Å²) in [7, 11) is 0. The zero-order valence-corrected chi connectivity index (χ0v) is 33.4. The van der Waals surface area contributed by atoms with Crippen molar-refractivity contribution in [1.29, 1.82) is 0 Å². The Labute approximate surface area is 349 Å². The lowest BCUT2D eigenvalue weighted by atomic mass is 9.81. The molecule has 0 unspecified atom stereocenters. The predicted octanol–water partition coefficient (Wildman–Crippen LogP) is 15.8. The van der Waals surface area contributed by atoms with Crippen LogP contribution in [0.25, 0.3) is 82.8 Å². The maximum absolute atomic E-state index is 6.87. The Bertz CT molecular complexity index is 3460. The lowest BCUT2D eigenvalue weighted by Crippen LogP contribution is -2.21. The van der Waals surface area contributed by atoms with E-state index in [9.17, 15) is 0 Å². The number of fused-ring (bicyclic) bond motifs is 9. The van der Waals surface area contributed by atoms with Gasteiger partial charge in [0.05, 0.1) is 33.5 Å². The quantitative estimate of drug-likeness (QED) is 0.168. The predicted molar refractivity (Wildman–Crippen MR) is 251 cm³/mol. The summed E-state index contributed by atoms with van der Waals surface area (Å²) in [5.41, 5.74) is 18.2. The number of hydrogen-bond acceptors (Lipinski definition) is 2. The van der Waals surface area contributed by atoms with Crippen molar-refractivity contribution in [3.63, 3.8) is 0 Å². The van der Waals surface area contributed by atoms with Crippen molar-refractivity contribution in [3.05, 3.63) is 217 Å². The molecule has 60 heavy (non-hydrogen) atoms. The highest BCUT2D eigenvalue weighted by Gasteiger charge is 2.39. The van der Waals surface area contributed by atoms with Crippen molar-refractivity contribution in [2.45, 2.75) is 19.3 Å². The van der Waals surface area contributed by atoms with Gasteiger partial charge in [-0.1, -0.05) is 159 Å². The summed E-state index contributed by atoms with van der Waals surface area (Å²) in [6, 6.07) is 74.7. The molecular weight excluding hydrogens is 729 g/mol. The second-order valence-electron chi connectivity index (χ2n) is 16.4. The van der Waals surface area contributed by atoms with Crippen LogP contribution in [0.1, 0.15) is 25.0 Å². The van der Waals surface area contributed by atoms with Crippen molar-refractivity contribution in [1.82, 2.24) is 4.57 Å². The van der Waals surface area contributed by atoms with Gasteiger partial charge in [0.15, 0.2) is 0 Å². The molecule has 2 heterocycles. The second-order valence-corrected chi connectivity index (χ2v) is 16.4. The molecule has 0 spiro atoms. The van der Waals surface area contributed by atoms with Crippen molar-refractivity contribution in [2.24, 2.45) is 0 Å². The summed E-state index contributed by atoms with van der Waals surface area (Å²) in [6.45, 7) is 4.75. The van der Waals surface area contributed by atoms with Crippen LogP contribution in [0, 0.1) is 0 Å². The molecule has 0 saturated carbocycles. The van der Waals surface area contributed by atoms with Crippen LogP contribution < -0.4 is 4.90 Å². The summed E-state index contributed by atoms with van der Waals surface area (Å²) < 4.78 is 9.24. The minimum absolute atomic E-state index is 0.242. The molecule has 3 nitrogen and oxygen atoms in total. The average Bonchev–Trinajstić information content (AvgIpc) is 3.93. The molecule has 0 bridgehead atoms. The molecule has 0 radical (unpaired) electrons. The number of benzene rings is 9. The van der Waals surface area contributed by atoms with E-state index in [1.165, 1.54) is 49.6 Å². The Balaban J connectivity index is 1.15. The fraction of sp³-hybridized carbons (Fsp3) is 0.0526. The van der Waals surface area contributed by atoms with Crippen LogP contribution in [0.4, 0.5) is 17.1 Å². The summed E-state index contributed by atoms with van der Waals surface area (Å²) in [5, 5.41) is 4.64. The molecule has 0 N–H and O–H groups in total. The highest BCUT2D eigenvalue weighted by molar-refractivity contribution is 6.20. The van der Waals surface area contributed by atoms with Gasteiger partial charge in [0.1, 0.15) is 11.2 Å². The molecule has 11 aromatic rings. The second kappa shape index (κ2) is 13.2. The first-order valence-corrected chi connectivity index (χ1v) is 20.8. The molecule has 284 valence electrons. The average molecular weight is 769 g/mol. The highest BCUT2D eigenvalue weighted by atomic mass is 16.3. The van der Waals surface area contributed by atoms with E-state index in [2.05, 4.69) is 230 Å². The maximum atomic E-state index is 6.87. The first kappa shape index (κ1) is 34.4. The number of furan rings is 1. The molecular formula is C57H40N2O. The van der Waals surface area contributed by atoms with Crippen LogP contribution in [0.2, 0.25) is 0 Å². The topological polar surface area (TPSA) is 21.3 Å². The number of rotatable bonds is 6. The molecule has 0 aliphatic heterocycles. The van der Waals surface area contributed by atoms with Crippen molar-refractivity contribution in [2.75, 3.05) is 4.90 Å². The third-order valence-electron chi connectivity index (χ3n) is 12.8. The zero-order valence-electron chi connectivity index (χ0n) is 33.4. The molecule has 2 aromatic heterocycles. The van der Waals surface area contributed by atoms with Gasteiger partial charge in [-0.25, -0.2) is 0 Å². The van der Waals surface area contributed by atoms with Crippen LogP contribution in [0.5, 0.6) is 0 Å². The molecule has 0 fully saturated rings. The van der Waals surface area contributed by atoms with Crippen LogP contribution in [-0.2, 0) is 5.41 Å². The minimum Gasteiger partial charge on any atom is -0.456 e. The maximum Gasteiger partial charge on any atom is 0.137 e. The number of para-hydroxylation sites is 3. The molecule has 0 atom stereocenters. The van der Waals surface area contributed by atoms with E-state index in [1.807, 2.05) is 0 Å². The Hall–Kier alpha value is -7.62. The number of nitrogens with zero attached hydrogens (tertiary/aromatic N) is 2. The minimum atomic E-state index is -0.242. The van der Waals surface area contributed by atoms with Crippen LogP contribution in [0.15, 0.2) is 211 Å². The van der Waals surface area contributed by atoms with Gasteiger partial charge in [-0.2, -0.15) is 0 Å². The number of aromatic nitrogens is 1. The standard InChI is InChI=1S/C57H40N2O/c1-57(2)46-27-12-9-23-42(46)44-26-15-31-51(56(44)57)59(47-28-13-10-22-40(47)37-18-5-3-6-19-37)50-30-17-33-53-55(50)54-41(25-16-32-52(54)60-53)38-34-35-49-45(36-38)43-24-11-14-29-48(43)58(49)39-20-7-4-8-21-39/h3-36H,1-2H3. The lowest BCUT2D eigenvalue weighted by molar-refractivity contribution is 0.661. The molecule has 9 aromatic carbocycles. The van der Waals surface area contributed by atoms with Gasteiger partial charge in [-0.15, -0.1) is 0 Å². The number of anilines is 3. The summed E-state index contributed by atoms with van der Waals surface area (Å²) in [5.74, 6) is 0. The van der Waals surface area contributed by atoms with E-state index < -0.39 is 0 Å². The Morgan fingerprint density at radius 1 is 0.417 bits per heavy atom. The van der Waals surface area contributed by atoms with E-state index in [-0.39, 0.29) is 5.41 Å². The SMILES string of the molecule is CC1(C)c2ccccc2-c2cccc(N(c3ccccc3-c3ccccc3)c3cccc4oc5cccc(-c6ccc7c(c6)c6ccccc6n7-c6ccccc6)c5c34)c21. The van der Waals surface area contributed by atoms with Crippen LogP contribution >= 0.6 is 0 Å². The third-order valence-corrected chi connectivity index (χ3v) is 12.8. The van der Waals surface area contributed by atoms with Gasteiger partial charge in [0, 0.05) is 32.8 Å². The van der Waals surface area contributed by atoms with Gasteiger partial charge < -0.3 is 13.9 Å². The summed E-state index contributed by atoms with van der Waals surface area (Å²) in [6.07, 6.45) is 0. The van der Waals surface area contributed by atoms with Crippen molar-refractivity contribution in [3.8, 4) is 39.1 Å². The van der Waals surface area contributed by atoms with Gasteiger partial charge in [-0.05, 0) is 99.6 Å². The molecule has 12 rings (SSSR count). The molecule has 1 aliphatic carbocycles. The first-order chi connectivity index (χ1) is 29.6. The van der Waals surface area contributed by atoms with E-state index in [0.717, 1.165) is 61.4 Å². The van der Waals surface area contributed by atoms with E-state index in [1.54, 1.807) is 0 Å². The zero-order chi connectivity index (χ0) is 40.0. The van der Waals surface area contributed by atoms with Gasteiger partial charge in [0.25, 0.3) is 0 Å². The van der Waals surface area contributed by atoms with Gasteiger partial charge in [0.2, 0.25) is 0 Å². The van der Waals surface area contributed by atoms with Crippen LogP contribution in [0.3, 0.4) is 0 Å². The van der Waals surface area contributed by atoms with Gasteiger partial charge in [-0.3, -0.25) is 0 Å². The lowest BCUT2D eigenvalue weighted by Gasteiger charge is -2.33. The smallest absolute Gasteiger partial charge is 0.137 e. The monoisotopic (exact) mass is 768 g/mol. The first-order valence-electron chi connectivity index (χ1n) is 20.8. The molecule has 3 heteroatoms. The normalized spacial score (nSPS) is 13.0. The van der Waals surface area contributed by atoms with E-state index in [4.69, 9.17) is 4.42 Å². The molecule has 0 amide bonds. The van der Waals surface area contributed by atoms with E-state index >= 15 is 0 Å². The Morgan fingerprint density at radius 3 is 1.87 bits per heavy atom. The third kappa shape index (κ3) is 5.02. The molecule has 0 saturated heterocycles. The molecule has 1 aliphatic rings. The van der Waals surface area contributed by atoms with E-state index in [0.29, 0.717) is 0 Å². The van der Waals surface area contributed by atoms with Crippen molar-refractivity contribution < 1.29 is 4.42 Å². The number of hydrogen-bond donors (Lipinski definition) is 0. The summed E-state index contributed by atoms with van der Waals surface area (Å²) >= 11 is 0. The van der Waals surface area contributed by atoms with Gasteiger partial charge >= 0.3 is 0 Å². The fourth-order valence-electron chi connectivity index (χ4n) is 10.2. The largest absolute Gasteiger partial charge is 0.456 e. The Kier molecular flexibility index (Phi) is 7.58. The fourth-order valence-corrected chi connectivity index (χ4v) is 10.2.